The highest BCUT2D eigenvalue weighted by Gasteiger charge is 2.31. The van der Waals surface area contributed by atoms with Gasteiger partial charge >= 0.3 is 0 Å². The van der Waals surface area contributed by atoms with Gasteiger partial charge in [-0.05, 0) is 38.1 Å². The molecule has 6 heteroatoms. The number of aliphatic hydroxyl groups excluding tert-OH is 1. The Bertz CT molecular complexity index is 508. The van der Waals surface area contributed by atoms with E-state index in [1.54, 1.807) is 10.8 Å². The molecule has 0 spiro atoms. The predicted molar refractivity (Wildman–Crippen MR) is 83.5 cm³/mol. The summed E-state index contributed by atoms with van der Waals surface area (Å²) in [6.07, 6.45) is 7.84. The number of hydrogen-bond donors (Lipinski definition) is 1. The standard InChI is InChI=1S/C16H26N4O2/c1-18-10-6-17-15(18)16(22)19-8-4-14(5-9-19)20-7-2-3-13(11-20)12-21/h6,10,13-14,21H,2-5,7-9,11-12H2,1H3/t13-/m0/s1. The van der Waals surface area contributed by atoms with E-state index in [9.17, 15) is 9.90 Å². The lowest BCUT2D eigenvalue weighted by Gasteiger charge is -2.42. The van der Waals surface area contributed by atoms with Gasteiger partial charge in [-0.1, -0.05) is 0 Å². The van der Waals surface area contributed by atoms with Gasteiger partial charge in [-0.15, -0.1) is 0 Å². The van der Waals surface area contributed by atoms with Gasteiger partial charge in [0.05, 0.1) is 0 Å². The molecule has 2 aliphatic rings. The van der Waals surface area contributed by atoms with Crippen LogP contribution in [0.1, 0.15) is 36.3 Å². The summed E-state index contributed by atoms with van der Waals surface area (Å²) in [5, 5.41) is 9.36. The molecule has 0 aliphatic carbocycles. The Morgan fingerprint density at radius 3 is 2.73 bits per heavy atom. The van der Waals surface area contributed by atoms with Gasteiger partial charge in [0.25, 0.3) is 5.91 Å². The molecule has 2 aliphatic heterocycles. The highest BCUT2D eigenvalue weighted by atomic mass is 16.3. The van der Waals surface area contributed by atoms with Crippen LogP contribution in [0, 0.1) is 5.92 Å². The highest BCUT2D eigenvalue weighted by Crippen LogP contribution is 2.24. The average Bonchev–Trinajstić information content (AvgIpc) is 3.00. The first kappa shape index (κ1) is 15.5. The van der Waals surface area contributed by atoms with Crippen molar-refractivity contribution in [2.75, 3.05) is 32.8 Å². The van der Waals surface area contributed by atoms with Crippen molar-refractivity contribution in [1.82, 2.24) is 19.4 Å². The van der Waals surface area contributed by atoms with E-state index in [1.165, 1.54) is 6.42 Å². The molecular weight excluding hydrogens is 280 g/mol. The monoisotopic (exact) mass is 306 g/mol. The van der Waals surface area contributed by atoms with E-state index in [0.29, 0.717) is 24.4 Å². The molecule has 6 nitrogen and oxygen atoms in total. The maximum Gasteiger partial charge on any atom is 0.289 e. The van der Waals surface area contributed by atoms with Crippen LogP contribution in [0.2, 0.25) is 0 Å². The van der Waals surface area contributed by atoms with Crippen LogP contribution in [-0.4, -0.2) is 69.2 Å². The van der Waals surface area contributed by atoms with Crippen LogP contribution < -0.4 is 0 Å². The topological polar surface area (TPSA) is 61.6 Å². The third-order valence-electron chi connectivity index (χ3n) is 5.09. The third-order valence-corrected chi connectivity index (χ3v) is 5.09. The van der Waals surface area contributed by atoms with E-state index in [2.05, 4.69) is 9.88 Å². The summed E-state index contributed by atoms with van der Waals surface area (Å²) in [5.74, 6) is 0.996. The van der Waals surface area contributed by atoms with Gasteiger partial charge in [-0.2, -0.15) is 0 Å². The Labute approximate surface area is 131 Å². The lowest BCUT2D eigenvalue weighted by molar-refractivity contribution is 0.0446. The van der Waals surface area contributed by atoms with Crippen LogP contribution in [0.15, 0.2) is 12.4 Å². The minimum absolute atomic E-state index is 0.0397. The van der Waals surface area contributed by atoms with E-state index in [0.717, 1.165) is 45.4 Å². The first-order chi connectivity index (χ1) is 10.7. The van der Waals surface area contributed by atoms with Crippen molar-refractivity contribution in [2.45, 2.75) is 31.7 Å². The second-order valence-electron chi connectivity index (χ2n) is 6.57. The predicted octanol–water partition coefficient (Wildman–Crippen LogP) is 0.729. The first-order valence-corrected chi connectivity index (χ1v) is 8.30. The second-order valence-corrected chi connectivity index (χ2v) is 6.57. The summed E-state index contributed by atoms with van der Waals surface area (Å²) in [6, 6.07) is 0.555. The van der Waals surface area contributed by atoms with E-state index < -0.39 is 0 Å². The minimum atomic E-state index is 0.0397. The average molecular weight is 306 g/mol. The number of nitrogens with zero attached hydrogens (tertiary/aromatic N) is 4. The molecule has 22 heavy (non-hydrogen) atoms. The van der Waals surface area contributed by atoms with Crippen LogP contribution in [0.3, 0.4) is 0 Å². The molecule has 1 N–H and O–H groups in total. The molecule has 0 aromatic carbocycles. The van der Waals surface area contributed by atoms with Crippen LogP contribution >= 0.6 is 0 Å². The SMILES string of the molecule is Cn1ccnc1C(=O)N1CCC(N2CCC[C@H](CO)C2)CC1. The van der Waals surface area contributed by atoms with E-state index in [-0.39, 0.29) is 5.91 Å². The van der Waals surface area contributed by atoms with Gasteiger partial charge in [-0.3, -0.25) is 9.69 Å². The van der Waals surface area contributed by atoms with Gasteiger partial charge < -0.3 is 14.6 Å². The lowest BCUT2D eigenvalue weighted by Crippen LogP contribution is -2.50. The number of aromatic nitrogens is 2. The summed E-state index contributed by atoms with van der Waals surface area (Å²) in [4.78, 5) is 21.1. The Morgan fingerprint density at radius 2 is 2.09 bits per heavy atom. The van der Waals surface area contributed by atoms with Crippen molar-refractivity contribution >= 4 is 5.91 Å². The molecule has 3 heterocycles. The fraction of sp³-hybridized carbons (Fsp3) is 0.750. The largest absolute Gasteiger partial charge is 0.396 e. The summed E-state index contributed by atoms with van der Waals surface area (Å²) in [6.45, 7) is 4.04. The number of piperidine rings is 2. The molecule has 1 amide bonds. The zero-order valence-corrected chi connectivity index (χ0v) is 13.3. The van der Waals surface area contributed by atoms with Crippen molar-refractivity contribution < 1.29 is 9.90 Å². The molecule has 3 rings (SSSR count). The van der Waals surface area contributed by atoms with Crippen LogP contribution in [-0.2, 0) is 7.05 Å². The summed E-state index contributed by atoms with van der Waals surface area (Å²) < 4.78 is 1.78. The van der Waals surface area contributed by atoms with Crippen LogP contribution in [0.25, 0.3) is 0 Å². The van der Waals surface area contributed by atoms with E-state index >= 15 is 0 Å². The fourth-order valence-electron chi connectivity index (χ4n) is 3.73. The number of carbonyl (C=O) groups is 1. The molecule has 2 saturated heterocycles. The normalized spacial score (nSPS) is 24.6. The number of carbonyl (C=O) groups excluding carboxylic acids is 1. The molecule has 0 radical (unpaired) electrons. The van der Waals surface area contributed by atoms with Crippen LogP contribution in [0.4, 0.5) is 0 Å². The summed E-state index contributed by atoms with van der Waals surface area (Å²) in [5.41, 5.74) is 0. The van der Waals surface area contributed by atoms with Crippen LogP contribution in [0.5, 0.6) is 0 Å². The minimum Gasteiger partial charge on any atom is -0.396 e. The Balaban J connectivity index is 1.54. The van der Waals surface area contributed by atoms with Crippen molar-refractivity contribution in [2.24, 2.45) is 13.0 Å². The van der Waals surface area contributed by atoms with E-state index in [1.807, 2.05) is 18.1 Å². The Morgan fingerprint density at radius 1 is 1.32 bits per heavy atom. The fourth-order valence-corrected chi connectivity index (χ4v) is 3.73. The molecular formula is C16H26N4O2. The van der Waals surface area contributed by atoms with E-state index in [4.69, 9.17) is 0 Å². The number of aryl methyl sites for hydroxylation is 1. The molecule has 2 fully saturated rings. The Hall–Kier alpha value is -1.40. The molecule has 0 bridgehead atoms. The molecule has 0 saturated carbocycles. The van der Waals surface area contributed by atoms with Gasteiger partial charge in [0.1, 0.15) is 0 Å². The third kappa shape index (κ3) is 3.17. The smallest absolute Gasteiger partial charge is 0.289 e. The Kier molecular flexibility index (Phi) is 4.78. The van der Waals surface area contributed by atoms with Gasteiger partial charge in [0.15, 0.2) is 5.82 Å². The lowest BCUT2D eigenvalue weighted by atomic mass is 9.94. The van der Waals surface area contributed by atoms with Crippen molar-refractivity contribution in [3.63, 3.8) is 0 Å². The van der Waals surface area contributed by atoms with Crippen molar-refractivity contribution in [3.8, 4) is 0 Å². The van der Waals surface area contributed by atoms with Gasteiger partial charge in [-0.25, -0.2) is 4.98 Å². The number of hydrogen-bond acceptors (Lipinski definition) is 4. The molecule has 1 aromatic rings. The molecule has 1 aromatic heterocycles. The summed E-state index contributed by atoms with van der Waals surface area (Å²) in [7, 11) is 1.86. The number of rotatable bonds is 3. The number of aliphatic hydroxyl groups is 1. The second kappa shape index (κ2) is 6.79. The van der Waals surface area contributed by atoms with Gasteiger partial charge in [0, 0.05) is 51.7 Å². The highest BCUT2D eigenvalue weighted by molar-refractivity contribution is 5.90. The number of imidazole rings is 1. The maximum absolute atomic E-state index is 12.5. The number of amides is 1. The zero-order valence-electron chi connectivity index (χ0n) is 13.3. The molecule has 122 valence electrons. The first-order valence-electron chi connectivity index (χ1n) is 8.30. The molecule has 0 unspecified atom stereocenters. The van der Waals surface area contributed by atoms with Crippen molar-refractivity contribution in [3.05, 3.63) is 18.2 Å². The molecule has 1 atom stereocenters. The quantitative estimate of drug-likeness (QED) is 0.894. The summed E-state index contributed by atoms with van der Waals surface area (Å²) >= 11 is 0. The maximum atomic E-state index is 12.5. The zero-order chi connectivity index (χ0) is 15.5. The van der Waals surface area contributed by atoms with Gasteiger partial charge in [0.2, 0.25) is 0 Å². The number of likely N-dealkylation sites (tertiary alicyclic amines) is 2. The van der Waals surface area contributed by atoms with Crippen molar-refractivity contribution in [1.29, 1.82) is 0 Å².